The van der Waals surface area contributed by atoms with Crippen LogP contribution in [-0.2, 0) is 20.9 Å². The van der Waals surface area contributed by atoms with Crippen molar-refractivity contribution in [1.29, 1.82) is 5.26 Å². The highest BCUT2D eigenvalue weighted by atomic mass is 16.5. The van der Waals surface area contributed by atoms with E-state index in [2.05, 4.69) is 22.0 Å². The van der Waals surface area contributed by atoms with Crippen molar-refractivity contribution in [3.05, 3.63) is 107 Å². The molecule has 9 heteroatoms. The highest BCUT2D eigenvalue weighted by molar-refractivity contribution is 5.95. The molecule has 0 saturated heterocycles. The van der Waals surface area contributed by atoms with E-state index in [1.54, 1.807) is 60.7 Å². The van der Waals surface area contributed by atoms with Crippen LogP contribution < -0.4 is 20.7 Å². The molecule has 9 nitrogen and oxygen atoms in total. The number of hydrogen-bond acceptors (Lipinski definition) is 6. The van der Waals surface area contributed by atoms with E-state index in [0.29, 0.717) is 28.1 Å². The zero-order chi connectivity index (χ0) is 26.2. The van der Waals surface area contributed by atoms with Crippen LogP contribution in [-0.4, -0.2) is 24.5 Å². The average molecular weight is 497 g/mol. The summed E-state index contributed by atoms with van der Waals surface area (Å²) in [5.74, 6) is -0.431. The summed E-state index contributed by atoms with van der Waals surface area (Å²) in [5, 5.41) is 17.3. The van der Waals surface area contributed by atoms with Gasteiger partial charge in [0.05, 0.1) is 28.9 Å². The van der Waals surface area contributed by atoms with Gasteiger partial charge in [-0.1, -0.05) is 48.5 Å². The number of nitriles is 1. The first-order valence-corrected chi connectivity index (χ1v) is 11.4. The summed E-state index contributed by atoms with van der Waals surface area (Å²) in [4.78, 5) is 37.3. The van der Waals surface area contributed by atoms with Crippen LogP contribution in [0.25, 0.3) is 0 Å². The average Bonchev–Trinajstić information content (AvgIpc) is 2.90. The Labute approximate surface area is 213 Å². The number of carbonyl (C=O) groups excluding carboxylic acids is 3. The monoisotopic (exact) mass is 496 g/mol. The van der Waals surface area contributed by atoms with Crippen LogP contribution in [0.4, 0.5) is 10.5 Å². The number of nitrogens with one attached hydrogen (secondary N) is 3. The minimum Gasteiger partial charge on any atom is -0.487 e. The van der Waals surface area contributed by atoms with Crippen LogP contribution >= 0.6 is 0 Å². The van der Waals surface area contributed by atoms with E-state index in [4.69, 9.17) is 14.7 Å². The second-order valence-electron chi connectivity index (χ2n) is 8.22. The third kappa shape index (κ3) is 6.52. The molecule has 0 aliphatic carbocycles. The minimum atomic E-state index is -0.766. The first-order valence-electron chi connectivity index (χ1n) is 11.4. The highest BCUT2D eigenvalue weighted by Gasteiger charge is 2.34. The fourth-order valence-electron chi connectivity index (χ4n) is 3.85. The number of urea groups is 1. The van der Waals surface area contributed by atoms with Crippen LogP contribution in [0.2, 0.25) is 0 Å². The van der Waals surface area contributed by atoms with Gasteiger partial charge in [-0.05, 0) is 35.4 Å². The number of ether oxygens (including phenoxy) is 2. The standard InChI is InChI=1S/C28H24N4O5/c1-18(33)30-22-11-6-12-23(14-22)36-17-24-25(26(32-28(35)31-24)21-9-3-2-4-10-21)27(34)37-16-20-8-5-7-19(13-20)15-29/h2-14,26H,16-17H2,1H3,(H,30,33)(H2,31,32,35). The van der Waals surface area contributed by atoms with E-state index in [-0.39, 0.29) is 30.4 Å². The number of esters is 1. The molecule has 4 rings (SSSR count). The summed E-state index contributed by atoms with van der Waals surface area (Å²) >= 11 is 0. The third-order valence-corrected chi connectivity index (χ3v) is 5.47. The molecule has 0 bridgehead atoms. The summed E-state index contributed by atoms with van der Waals surface area (Å²) in [5.41, 5.74) is 2.80. The second kappa shape index (κ2) is 11.6. The van der Waals surface area contributed by atoms with Gasteiger partial charge in [0.1, 0.15) is 19.0 Å². The van der Waals surface area contributed by atoms with E-state index in [1.807, 2.05) is 18.2 Å². The van der Waals surface area contributed by atoms with Crippen molar-refractivity contribution in [1.82, 2.24) is 10.6 Å². The number of hydrogen-bond donors (Lipinski definition) is 3. The Balaban J connectivity index is 1.62. The van der Waals surface area contributed by atoms with E-state index in [0.717, 1.165) is 0 Å². The summed E-state index contributed by atoms with van der Waals surface area (Å²) in [7, 11) is 0. The van der Waals surface area contributed by atoms with Gasteiger partial charge in [0.2, 0.25) is 5.91 Å². The molecule has 3 N–H and O–H groups in total. The summed E-state index contributed by atoms with van der Waals surface area (Å²) in [6.07, 6.45) is 0. The van der Waals surface area contributed by atoms with Crippen molar-refractivity contribution in [2.45, 2.75) is 19.6 Å². The molecule has 1 atom stereocenters. The third-order valence-electron chi connectivity index (χ3n) is 5.47. The Hall–Kier alpha value is -5.10. The van der Waals surface area contributed by atoms with Crippen molar-refractivity contribution >= 4 is 23.6 Å². The van der Waals surface area contributed by atoms with E-state index < -0.39 is 18.0 Å². The lowest BCUT2D eigenvalue weighted by atomic mass is 9.95. The lowest BCUT2D eigenvalue weighted by Gasteiger charge is -2.29. The quantitative estimate of drug-likeness (QED) is 0.405. The fourth-order valence-corrected chi connectivity index (χ4v) is 3.85. The molecule has 1 unspecified atom stereocenters. The molecular formula is C28H24N4O5. The van der Waals surface area contributed by atoms with Gasteiger partial charge in [0.15, 0.2) is 0 Å². The molecular weight excluding hydrogens is 472 g/mol. The van der Waals surface area contributed by atoms with E-state index in [9.17, 15) is 14.4 Å². The number of rotatable bonds is 8. The molecule has 3 aromatic carbocycles. The molecule has 0 aromatic heterocycles. The smallest absolute Gasteiger partial charge is 0.338 e. The number of carbonyl (C=O) groups is 3. The van der Waals surface area contributed by atoms with Crippen LogP contribution in [0.5, 0.6) is 5.75 Å². The van der Waals surface area contributed by atoms with Gasteiger partial charge in [-0.3, -0.25) is 4.79 Å². The van der Waals surface area contributed by atoms with Crippen LogP contribution in [0.15, 0.2) is 90.1 Å². The van der Waals surface area contributed by atoms with Crippen molar-refractivity contribution in [2.75, 3.05) is 11.9 Å². The fraction of sp³-hybridized carbons (Fsp3) is 0.143. The van der Waals surface area contributed by atoms with Gasteiger partial charge >= 0.3 is 12.0 Å². The van der Waals surface area contributed by atoms with Crippen LogP contribution in [0, 0.1) is 11.3 Å². The van der Waals surface area contributed by atoms with Gasteiger partial charge in [-0.15, -0.1) is 0 Å². The van der Waals surface area contributed by atoms with Crippen LogP contribution in [0.3, 0.4) is 0 Å². The minimum absolute atomic E-state index is 0.0553. The van der Waals surface area contributed by atoms with Gasteiger partial charge in [-0.2, -0.15) is 5.26 Å². The maximum atomic E-state index is 13.4. The Morgan fingerprint density at radius 1 is 1.00 bits per heavy atom. The van der Waals surface area contributed by atoms with Crippen molar-refractivity contribution in [3.8, 4) is 11.8 Å². The normalized spacial score (nSPS) is 14.6. The van der Waals surface area contributed by atoms with Gasteiger partial charge in [-0.25, -0.2) is 9.59 Å². The maximum absolute atomic E-state index is 13.4. The molecule has 1 aliphatic rings. The summed E-state index contributed by atoms with van der Waals surface area (Å²) < 4.78 is 11.5. The molecule has 0 spiro atoms. The van der Waals surface area contributed by atoms with Crippen molar-refractivity contribution in [3.63, 3.8) is 0 Å². The molecule has 1 heterocycles. The molecule has 0 fully saturated rings. The number of benzene rings is 3. The second-order valence-corrected chi connectivity index (χ2v) is 8.22. The van der Waals surface area contributed by atoms with Crippen molar-refractivity contribution in [2.24, 2.45) is 0 Å². The first kappa shape index (κ1) is 25.0. The summed E-state index contributed by atoms with van der Waals surface area (Å²) in [6.45, 7) is 1.22. The number of amides is 3. The van der Waals surface area contributed by atoms with Crippen molar-refractivity contribution < 1.29 is 23.9 Å². The SMILES string of the molecule is CC(=O)Nc1cccc(OCC2=C(C(=O)OCc3cccc(C#N)c3)C(c3ccccc3)NC(=O)N2)c1. The van der Waals surface area contributed by atoms with E-state index >= 15 is 0 Å². The molecule has 186 valence electrons. The predicted molar refractivity (Wildman–Crippen MR) is 135 cm³/mol. The van der Waals surface area contributed by atoms with E-state index in [1.165, 1.54) is 6.92 Å². The predicted octanol–water partition coefficient (Wildman–Crippen LogP) is 3.95. The molecule has 0 saturated carbocycles. The Morgan fingerprint density at radius 2 is 1.78 bits per heavy atom. The molecule has 0 radical (unpaired) electrons. The van der Waals surface area contributed by atoms with Gasteiger partial charge in [0.25, 0.3) is 0 Å². The number of anilines is 1. The largest absolute Gasteiger partial charge is 0.487 e. The number of nitrogens with zero attached hydrogens (tertiary/aromatic N) is 1. The zero-order valence-corrected chi connectivity index (χ0v) is 20.0. The molecule has 1 aliphatic heterocycles. The molecule has 3 amide bonds. The lowest BCUT2D eigenvalue weighted by Crippen LogP contribution is -2.47. The zero-order valence-electron chi connectivity index (χ0n) is 20.0. The van der Waals surface area contributed by atoms with Crippen LogP contribution in [0.1, 0.15) is 29.7 Å². The highest BCUT2D eigenvalue weighted by Crippen LogP contribution is 2.29. The first-order chi connectivity index (χ1) is 17.9. The topological polar surface area (TPSA) is 130 Å². The van der Waals surface area contributed by atoms with Gasteiger partial charge in [0, 0.05) is 18.7 Å². The van der Waals surface area contributed by atoms with Gasteiger partial charge < -0.3 is 25.4 Å². The Morgan fingerprint density at radius 3 is 2.54 bits per heavy atom. The lowest BCUT2D eigenvalue weighted by molar-refractivity contribution is -0.140. The Bertz CT molecular complexity index is 1390. The Kier molecular flexibility index (Phi) is 7.81. The summed E-state index contributed by atoms with van der Waals surface area (Å²) in [6, 6.07) is 23.4. The molecule has 3 aromatic rings. The maximum Gasteiger partial charge on any atom is 0.338 e. The molecule has 37 heavy (non-hydrogen) atoms.